The Kier molecular flexibility index (Phi) is 3.47. The number of rotatable bonds is 2. The van der Waals surface area contributed by atoms with Crippen molar-refractivity contribution in [2.45, 2.75) is 39.7 Å². The smallest absolute Gasteiger partial charge is 0.271 e. The Morgan fingerprint density at radius 3 is 2.77 bits per heavy atom. The van der Waals surface area contributed by atoms with Crippen LogP contribution in [0.5, 0.6) is 0 Å². The van der Waals surface area contributed by atoms with Gasteiger partial charge in [0, 0.05) is 24.5 Å². The van der Waals surface area contributed by atoms with Gasteiger partial charge in [0.15, 0.2) is 0 Å². The van der Waals surface area contributed by atoms with Crippen LogP contribution in [0.3, 0.4) is 0 Å². The zero-order valence-corrected chi connectivity index (χ0v) is 13.4. The molecule has 1 amide bonds. The quantitative estimate of drug-likeness (QED) is 0.920. The standard InChI is InChI=1S/C16H21N5O/c1-10-7-18-13(9-17-10)15(22)20-12-5-16(2,3)6-14-11(12)8-19-21(14)4/h7-9,12H,5-6H2,1-4H3,(H,20,22)/t12-/m0/s1. The fraction of sp³-hybridized carbons (Fsp3) is 0.500. The summed E-state index contributed by atoms with van der Waals surface area (Å²) in [7, 11) is 1.95. The number of amides is 1. The van der Waals surface area contributed by atoms with Crippen LogP contribution in [0.25, 0.3) is 0 Å². The molecule has 0 saturated heterocycles. The summed E-state index contributed by atoms with van der Waals surface area (Å²) >= 11 is 0. The number of hydrogen-bond acceptors (Lipinski definition) is 4. The average molecular weight is 299 g/mol. The number of nitrogens with zero attached hydrogens (tertiary/aromatic N) is 4. The molecule has 1 aliphatic rings. The summed E-state index contributed by atoms with van der Waals surface area (Å²) in [6, 6.07) is -0.0388. The number of carbonyl (C=O) groups excluding carboxylic acids is 1. The van der Waals surface area contributed by atoms with E-state index in [1.54, 1.807) is 6.20 Å². The van der Waals surface area contributed by atoms with Crippen LogP contribution in [0, 0.1) is 12.3 Å². The zero-order chi connectivity index (χ0) is 15.9. The van der Waals surface area contributed by atoms with Gasteiger partial charge in [-0.15, -0.1) is 0 Å². The van der Waals surface area contributed by atoms with Crippen molar-refractivity contribution in [3.8, 4) is 0 Å². The number of carbonyl (C=O) groups is 1. The molecule has 0 radical (unpaired) electrons. The van der Waals surface area contributed by atoms with Crippen molar-refractivity contribution in [3.05, 3.63) is 41.2 Å². The van der Waals surface area contributed by atoms with Crippen molar-refractivity contribution >= 4 is 5.91 Å². The molecule has 0 fully saturated rings. The zero-order valence-electron chi connectivity index (χ0n) is 13.4. The van der Waals surface area contributed by atoms with Gasteiger partial charge in [-0.05, 0) is 25.2 Å². The Morgan fingerprint density at radius 1 is 1.32 bits per heavy atom. The maximum Gasteiger partial charge on any atom is 0.271 e. The lowest BCUT2D eigenvalue weighted by Gasteiger charge is -2.35. The van der Waals surface area contributed by atoms with E-state index >= 15 is 0 Å². The Hall–Kier alpha value is -2.24. The van der Waals surface area contributed by atoms with E-state index in [-0.39, 0.29) is 17.4 Å². The van der Waals surface area contributed by atoms with Gasteiger partial charge >= 0.3 is 0 Å². The van der Waals surface area contributed by atoms with Crippen molar-refractivity contribution < 1.29 is 4.79 Å². The van der Waals surface area contributed by atoms with Crippen LogP contribution < -0.4 is 5.32 Å². The van der Waals surface area contributed by atoms with Crippen LogP contribution in [-0.2, 0) is 13.5 Å². The molecule has 22 heavy (non-hydrogen) atoms. The molecule has 6 heteroatoms. The molecule has 0 saturated carbocycles. The molecule has 0 aromatic carbocycles. The fourth-order valence-corrected chi connectivity index (χ4v) is 3.05. The minimum atomic E-state index is -0.190. The van der Waals surface area contributed by atoms with Crippen LogP contribution >= 0.6 is 0 Å². The van der Waals surface area contributed by atoms with E-state index in [0.717, 1.165) is 24.1 Å². The van der Waals surface area contributed by atoms with E-state index in [2.05, 4.69) is 34.2 Å². The third kappa shape index (κ3) is 2.73. The van der Waals surface area contributed by atoms with Gasteiger partial charge in [-0.2, -0.15) is 5.10 Å². The fourth-order valence-electron chi connectivity index (χ4n) is 3.05. The third-order valence-electron chi connectivity index (χ3n) is 4.19. The number of fused-ring (bicyclic) bond motifs is 1. The molecule has 0 unspecified atom stereocenters. The molecular formula is C16H21N5O. The van der Waals surface area contributed by atoms with Crippen molar-refractivity contribution in [1.82, 2.24) is 25.1 Å². The van der Waals surface area contributed by atoms with Crippen molar-refractivity contribution in [3.63, 3.8) is 0 Å². The molecule has 2 heterocycles. The maximum atomic E-state index is 12.4. The van der Waals surface area contributed by atoms with E-state index in [1.165, 1.54) is 11.9 Å². The summed E-state index contributed by atoms with van der Waals surface area (Å²) in [5.74, 6) is -0.190. The molecule has 0 aliphatic heterocycles. The van der Waals surface area contributed by atoms with Crippen LogP contribution in [0.4, 0.5) is 0 Å². The first-order valence-corrected chi connectivity index (χ1v) is 7.46. The Balaban J connectivity index is 1.85. The number of aromatic nitrogens is 4. The number of nitrogens with one attached hydrogen (secondary N) is 1. The van der Waals surface area contributed by atoms with Crippen molar-refractivity contribution in [1.29, 1.82) is 0 Å². The van der Waals surface area contributed by atoms with Gasteiger partial charge in [0.2, 0.25) is 0 Å². The molecule has 1 atom stereocenters. The third-order valence-corrected chi connectivity index (χ3v) is 4.19. The summed E-state index contributed by atoms with van der Waals surface area (Å²) in [4.78, 5) is 20.7. The van der Waals surface area contributed by atoms with Gasteiger partial charge in [-0.3, -0.25) is 14.5 Å². The monoisotopic (exact) mass is 299 g/mol. The predicted octanol–water partition coefficient (Wildman–Crippen LogP) is 1.96. The van der Waals surface area contributed by atoms with Crippen LogP contribution in [-0.4, -0.2) is 25.7 Å². The predicted molar refractivity (Wildman–Crippen MR) is 82.3 cm³/mol. The summed E-state index contributed by atoms with van der Waals surface area (Å²) in [6.45, 7) is 6.28. The SMILES string of the molecule is Cc1cnc(C(=O)N[C@H]2CC(C)(C)Cc3c2cnn3C)cn1. The molecule has 0 bridgehead atoms. The molecule has 2 aromatic heterocycles. The van der Waals surface area contributed by atoms with Gasteiger partial charge in [0.1, 0.15) is 5.69 Å². The minimum absolute atomic E-state index is 0.0388. The van der Waals surface area contributed by atoms with Gasteiger partial charge in [-0.25, -0.2) is 4.98 Å². The molecule has 0 spiro atoms. The lowest BCUT2D eigenvalue weighted by molar-refractivity contribution is 0.0913. The molecule has 116 valence electrons. The maximum absolute atomic E-state index is 12.4. The van der Waals surface area contributed by atoms with Crippen molar-refractivity contribution in [2.75, 3.05) is 0 Å². The van der Waals surface area contributed by atoms with Crippen molar-refractivity contribution in [2.24, 2.45) is 12.5 Å². The van der Waals surface area contributed by atoms with E-state index in [4.69, 9.17) is 0 Å². The highest BCUT2D eigenvalue weighted by molar-refractivity contribution is 5.92. The molecule has 2 aromatic rings. The lowest BCUT2D eigenvalue weighted by atomic mass is 9.74. The molecule has 6 nitrogen and oxygen atoms in total. The van der Waals surface area contributed by atoms with Gasteiger partial charge in [-0.1, -0.05) is 13.8 Å². The summed E-state index contributed by atoms with van der Waals surface area (Å²) in [5.41, 5.74) is 3.56. The minimum Gasteiger partial charge on any atom is -0.344 e. The summed E-state index contributed by atoms with van der Waals surface area (Å²) < 4.78 is 1.90. The summed E-state index contributed by atoms with van der Waals surface area (Å²) in [5, 5.41) is 7.43. The highest BCUT2D eigenvalue weighted by Gasteiger charge is 2.35. The van der Waals surface area contributed by atoms with Crippen LogP contribution in [0.2, 0.25) is 0 Å². The van der Waals surface area contributed by atoms with Crippen LogP contribution in [0.1, 0.15) is 53.7 Å². The lowest BCUT2D eigenvalue weighted by Crippen LogP contribution is -2.37. The van der Waals surface area contributed by atoms with Gasteiger partial charge < -0.3 is 5.32 Å². The molecular weight excluding hydrogens is 278 g/mol. The molecule has 1 N–H and O–H groups in total. The number of hydrogen-bond donors (Lipinski definition) is 1. The first-order valence-electron chi connectivity index (χ1n) is 7.46. The average Bonchev–Trinajstić information content (AvgIpc) is 2.80. The second-order valence-electron chi connectivity index (χ2n) is 6.78. The first kappa shape index (κ1) is 14.7. The Labute approximate surface area is 130 Å². The number of aryl methyl sites for hydroxylation is 2. The molecule has 3 rings (SSSR count). The van der Waals surface area contributed by atoms with Crippen LogP contribution in [0.15, 0.2) is 18.6 Å². The second-order valence-corrected chi connectivity index (χ2v) is 6.78. The van der Waals surface area contributed by atoms with E-state index in [9.17, 15) is 4.79 Å². The van der Waals surface area contributed by atoms with E-state index in [1.807, 2.05) is 24.9 Å². The second kappa shape index (κ2) is 5.19. The summed E-state index contributed by atoms with van der Waals surface area (Å²) in [6.07, 6.45) is 6.83. The van der Waals surface area contributed by atoms with Gasteiger partial charge in [0.05, 0.1) is 24.1 Å². The highest BCUT2D eigenvalue weighted by atomic mass is 16.1. The van der Waals surface area contributed by atoms with E-state index in [0.29, 0.717) is 5.69 Å². The first-order chi connectivity index (χ1) is 10.4. The van der Waals surface area contributed by atoms with E-state index < -0.39 is 0 Å². The Morgan fingerprint density at radius 2 is 2.09 bits per heavy atom. The largest absolute Gasteiger partial charge is 0.344 e. The van der Waals surface area contributed by atoms with Gasteiger partial charge in [0.25, 0.3) is 5.91 Å². The molecule has 1 aliphatic carbocycles. The topological polar surface area (TPSA) is 72.7 Å². The normalized spacial score (nSPS) is 19.5. The Bertz CT molecular complexity index is 702. The highest BCUT2D eigenvalue weighted by Crippen LogP contribution is 2.40.